The Kier molecular flexibility index (Phi) is 4.06. The molecule has 1 amide bonds. The van der Waals surface area contributed by atoms with Crippen molar-refractivity contribution in [3.8, 4) is 17.0 Å². The highest BCUT2D eigenvalue weighted by molar-refractivity contribution is 5.94. The van der Waals surface area contributed by atoms with Gasteiger partial charge in [-0.1, -0.05) is 24.3 Å². The van der Waals surface area contributed by atoms with Crippen molar-refractivity contribution in [3.63, 3.8) is 0 Å². The van der Waals surface area contributed by atoms with Crippen molar-refractivity contribution in [2.24, 2.45) is 5.92 Å². The van der Waals surface area contributed by atoms with Crippen LogP contribution >= 0.6 is 0 Å². The van der Waals surface area contributed by atoms with Crippen LogP contribution in [0.25, 0.3) is 22.2 Å². The van der Waals surface area contributed by atoms with Gasteiger partial charge in [-0.25, -0.2) is 9.97 Å². The molecule has 2 atom stereocenters. The third-order valence-electron chi connectivity index (χ3n) is 6.55. The van der Waals surface area contributed by atoms with Gasteiger partial charge < -0.3 is 14.2 Å². The first kappa shape index (κ1) is 18.1. The fourth-order valence-electron chi connectivity index (χ4n) is 4.98. The summed E-state index contributed by atoms with van der Waals surface area (Å²) in [5.41, 5.74) is 5.08. The summed E-state index contributed by atoms with van der Waals surface area (Å²) >= 11 is 0. The third kappa shape index (κ3) is 2.90. The number of methoxy groups -OCH3 is 1. The first-order valence-electron chi connectivity index (χ1n) is 10.6. The molecule has 0 saturated carbocycles. The van der Waals surface area contributed by atoms with E-state index in [0.29, 0.717) is 17.7 Å². The molecule has 0 bridgehead atoms. The standard InChI is InChI=1S/C25H22N4O2/c1-31-23-10-8-18(12-26-23)17-7-9-21-22(11-17)29-14-19-13-28(15-20(19)24(29)27-21)25(30)16-5-3-2-4-6-16/h2-12,19-20H,13-15H2,1H3. The van der Waals surface area contributed by atoms with Crippen LogP contribution in [0.15, 0.2) is 66.9 Å². The van der Waals surface area contributed by atoms with Gasteiger partial charge in [0.2, 0.25) is 5.88 Å². The third-order valence-corrected chi connectivity index (χ3v) is 6.55. The number of fused-ring (bicyclic) bond motifs is 5. The van der Waals surface area contributed by atoms with Crippen LogP contribution in [-0.2, 0) is 6.54 Å². The number of likely N-dealkylation sites (tertiary alicyclic amines) is 1. The molecule has 2 aliphatic rings. The summed E-state index contributed by atoms with van der Waals surface area (Å²) in [5, 5.41) is 0. The molecule has 4 aromatic rings. The highest BCUT2D eigenvalue weighted by Gasteiger charge is 2.43. The second-order valence-corrected chi connectivity index (χ2v) is 8.32. The summed E-state index contributed by atoms with van der Waals surface area (Å²) in [6.07, 6.45) is 1.84. The molecule has 6 nitrogen and oxygen atoms in total. The van der Waals surface area contributed by atoms with Gasteiger partial charge in [-0.2, -0.15) is 0 Å². The van der Waals surface area contributed by atoms with Crippen LogP contribution in [0.3, 0.4) is 0 Å². The molecule has 4 heterocycles. The number of hydrogen-bond donors (Lipinski definition) is 0. The van der Waals surface area contributed by atoms with E-state index in [1.807, 2.05) is 53.6 Å². The fraction of sp³-hybridized carbons (Fsp3) is 0.240. The lowest BCUT2D eigenvalue weighted by Gasteiger charge is -2.17. The molecule has 2 aromatic heterocycles. The van der Waals surface area contributed by atoms with Crippen molar-refractivity contribution in [2.45, 2.75) is 12.5 Å². The van der Waals surface area contributed by atoms with Crippen LogP contribution in [0.1, 0.15) is 22.1 Å². The van der Waals surface area contributed by atoms with Crippen molar-refractivity contribution in [1.29, 1.82) is 0 Å². The molecule has 31 heavy (non-hydrogen) atoms. The summed E-state index contributed by atoms with van der Waals surface area (Å²) < 4.78 is 7.51. The maximum absolute atomic E-state index is 12.9. The van der Waals surface area contributed by atoms with E-state index in [-0.39, 0.29) is 5.91 Å². The van der Waals surface area contributed by atoms with E-state index in [0.717, 1.165) is 53.2 Å². The molecule has 6 rings (SSSR count). The number of ether oxygens (including phenoxy) is 1. The van der Waals surface area contributed by atoms with Crippen LogP contribution in [0.2, 0.25) is 0 Å². The smallest absolute Gasteiger partial charge is 0.253 e. The summed E-state index contributed by atoms with van der Waals surface area (Å²) in [5.74, 6) is 2.55. The predicted octanol–water partition coefficient (Wildman–Crippen LogP) is 3.98. The largest absolute Gasteiger partial charge is 0.481 e. The van der Waals surface area contributed by atoms with Crippen molar-refractivity contribution < 1.29 is 9.53 Å². The number of benzene rings is 2. The summed E-state index contributed by atoms with van der Waals surface area (Å²) in [4.78, 5) is 24.2. The second kappa shape index (κ2) is 6.94. The van der Waals surface area contributed by atoms with E-state index in [4.69, 9.17) is 9.72 Å². The highest BCUT2D eigenvalue weighted by Crippen LogP contribution is 2.42. The quantitative estimate of drug-likeness (QED) is 0.513. The number of imidazole rings is 1. The van der Waals surface area contributed by atoms with Gasteiger partial charge in [0.15, 0.2) is 0 Å². The Balaban J connectivity index is 1.30. The topological polar surface area (TPSA) is 60.2 Å². The second-order valence-electron chi connectivity index (χ2n) is 8.32. The maximum atomic E-state index is 12.9. The van der Waals surface area contributed by atoms with E-state index >= 15 is 0 Å². The molecule has 1 fully saturated rings. The Morgan fingerprint density at radius 2 is 1.84 bits per heavy atom. The van der Waals surface area contributed by atoms with E-state index in [9.17, 15) is 4.79 Å². The predicted molar refractivity (Wildman–Crippen MR) is 118 cm³/mol. The highest BCUT2D eigenvalue weighted by atomic mass is 16.5. The zero-order valence-electron chi connectivity index (χ0n) is 17.2. The summed E-state index contributed by atoms with van der Waals surface area (Å²) in [6, 6.07) is 19.8. The van der Waals surface area contributed by atoms with Crippen LogP contribution < -0.4 is 4.74 Å². The fourth-order valence-corrected chi connectivity index (χ4v) is 4.98. The molecular weight excluding hydrogens is 388 g/mol. The minimum Gasteiger partial charge on any atom is -0.481 e. The van der Waals surface area contributed by atoms with E-state index < -0.39 is 0 Å². The normalized spacial score (nSPS) is 19.5. The van der Waals surface area contributed by atoms with Crippen LogP contribution in [0.4, 0.5) is 0 Å². The number of carbonyl (C=O) groups excluding carboxylic acids is 1. The average molecular weight is 410 g/mol. The van der Waals surface area contributed by atoms with Crippen LogP contribution in [0, 0.1) is 5.92 Å². The average Bonchev–Trinajstić information content (AvgIpc) is 3.49. The molecule has 0 spiro atoms. The number of aromatic nitrogens is 3. The Labute approximate surface area is 180 Å². The van der Waals surface area contributed by atoms with Crippen molar-refractivity contribution in [2.75, 3.05) is 20.2 Å². The molecule has 154 valence electrons. The minimum atomic E-state index is 0.118. The Morgan fingerprint density at radius 3 is 2.61 bits per heavy atom. The lowest BCUT2D eigenvalue weighted by Crippen LogP contribution is -2.30. The number of pyridine rings is 1. The maximum Gasteiger partial charge on any atom is 0.253 e. The van der Waals surface area contributed by atoms with Gasteiger partial charge >= 0.3 is 0 Å². The Morgan fingerprint density at radius 1 is 1.00 bits per heavy atom. The molecule has 1 saturated heterocycles. The molecule has 2 aliphatic heterocycles. The van der Waals surface area contributed by atoms with Crippen LogP contribution in [-0.4, -0.2) is 45.5 Å². The lowest BCUT2D eigenvalue weighted by molar-refractivity contribution is 0.0783. The molecular formula is C25H22N4O2. The van der Waals surface area contributed by atoms with Gasteiger partial charge in [0, 0.05) is 54.9 Å². The molecule has 0 N–H and O–H groups in total. The summed E-state index contributed by atoms with van der Waals surface area (Å²) in [6.45, 7) is 2.42. The molecule has 0 aliphatic carbocycles. The van der Waals surface area contributed by atoms with Crippen molar-refractivity contribution >= 4 is 16.9 Å². The Hall–Kier alpha value is -3.67. The molecule has 6 heteroatoms. The number of hydrogen-bond acceptors (Lipinski definition) is 4. The van der Waals surface area contributed by atoms with Crippen molar-refractivity contribution in [1.82, 2.24) is 19.4 Å². The minimum absolute atomic E-state index is 0.118. The first-order valence-corrected chi connectivity index (χ1v) is 10.6. The van der Waals surface area contributed by atoms with Crippen LogP contribution in [0.5, 0.6) is 5.88 Å². The SMILES string of the molecule is COc1ccc(-c2ccc3nc4n(c3c2)CC2CN(C(=O)c3ccccc3)CC42)cn1. The van der Waals surface area contributed by atoms with E-state index in [2.05, 4.69) is 27.8 Å². The van der Waals surface area contributed by atoms with Gasteiger partial charge in [-0.15, -0.1) is 0 Å². The Bertz CT molecular complexity index is 1280. The van der Waals surface area contributed by atoms with Crippen molar-refractivity contribution in [3.05, 3.63) is 78.2 Å². The van der Waals surface area contributed by atoms with Gasteiger partial charge in [-0.3, -0.25) is 4.79 Å². The first-order chi connectivity index (χ1) is 15.2. The van der Waals surface area contributed by atoms with Gasteiger partial charge in [0.25, 0.3) is 5.91 Å². The number of nitrogens with zero attached hydrogens (tertiary/aromatic N) is 4. The van der Waals surface area contributed by atoms with Gasteiger partial charge in [0.1, 0.15) is 5.82 Å². The molecule has 2 aromatic carbocycles. The van der Waals surface area contributed by atoms with E-state index in [1.54, 1.807) is 7.11 Å². The molecule has 0 radical (unpaired) electrons. The van der Waals surface area contributed by atoms with E-state index in [1.165, 1.54) is 0 Å². The monoisotopic (exact) mass is 410 g/mol. The number of rotatable bonds is 3. The summed E-state index contributed by atoms with van der Waals surface area (Å²) in [7, 11) is 1.62. The van der Waals surface area contributed by atoms with Gasteiger partial charge in [-0.05, 0) is 35.9 Å². The number of amides is 1. The zero-order valence-corrected chi connectivity index (χ0v) is 17.2. The lowest BCUT2D eigenvalue weighted by atomic mass is 9.99. The molecule has 2 unspecified atom stereocenters. The van der Waals surface area contributed by atoms with Gasteiger partial charge in [0.05, 0.1) is 18.1 Å². The number of carbonyl (C=O) groups is 1. The zero-order chi connectivity index (χ0) is 20.9.